The first-order valence-corrected chi connectivity index (χ1v) is 4.85. The fourth-order valence-electron chi connectivity index (χ4n) is 1.87. The average Bonchev–Trinajstić information content (AvgIpc) is 2.19. The predicted molar refractivity (Wildman–Crippen MR) is 54.3 cm³/mol. The summed E-state index contributed by atoms with van der Waals surface area (Å²) in [6, 6.07) is 0. The van der Waals surface area contributed by atoms with Crippen LogP contribution in [-0.4, -0.2) is 35.3 Å². The minimum absolute atomic E-state index is 0.222. The quantitative estimate of drug-likeness (QED) is 0.700. The van der Waals surface area contributed by atoms with Crippen LogP contribution < -0.4 is 4.90 Å². The Balaban J connectivity index is 2.35. The zero-order chi connectivity index (χ0) is 10.1. The number of nitrogens with zero attached hydrogens (tertiary/aromatic N) is 3. The Labute approximate surface area is 83.6 Å². The van der Waals surface area contributed by atoms with Crippen LogP contribution in [-0.2, 0) is 6.42 Å². The molecule has 0 aromatic carbocycles. The van der Waals surface area contributed by atoms with E-state index in [4.69, 9.17) is 5.11 Å². The smallest absolute Gasteiger partial charge is 0.150 e. The zero-order valence-electron chi connectivity index (χ0n) is 8.56. The van der Waals surface area contributed by atoms with Gasteiger partial charge in [-0.05, 0) is 6.92 Å². The summed E-state index contributed by atoms with van der Waals surface area (Å²) in [5.74, 6) is 1.26. The Kier molecular flexibility index (Phi) is 2.37. The summed E-state index contributed by atoms with van der Waals surface area (Å²) >= 11 is 0. The van der Waals surface area contributed by atoms with Crippen molar-refractivity contribution >= 4 is 5.82 Å². The molecule has 1 aliphatic rings. The normalized spacial score (nSPS) is 20.8. The highest BCUT2D eigenvalue weighted by Gasteiger charge is 2.23. The molecule has 0 aliphatic carbocycles. The highest BCUT2D eigenvalue weighted by Crippen LogP contribution is 2.24. The SMILES string of the molecule is Cc1cnc2c(n1)N(C)CC(CO)C2. The van der Waals surface area contributed by atoms with Crippen molar-refractivity contribution in [1.82, 2.24) is 9.97 Å². The van der Waals surface area contributed by atoms with Gasteiger partial charge in [-0.1, -0.05) is 0 Å². The lowest BCUT2D eigenvalue weighted by Crippen LogP contribution is -2.35. The molecule has 0 saturated heterocycles. The molecular formula is C10H15N3O. The second-order valence-corrected chi connectivity index (χ2v) is 3.91. The maximum absolute atomic E-state index is 9.11. The summed E-state index contributed by atoms with van der Waals surface area (Å²) in [4.78, 5) is 10.9. The number of hydrogen-bond acceptors (Lipinski definition) is 4. The van der Waals surface area contributed by atoms with Crippen LogP contribution in [0.1, 0.15) is 11.4 Å². The zero-order valence-corrected chi connectivity index (χ0v) is 8.56. The van der Waals surface area contributed by atoms with Gasteiger partial charge in [0, 0.05) is 38.7 Å². The third-order valence-electron chi connectivity index (χ3n) is 2.58. The van der Waals surface area contributed by atoms with E-state index in [1.165, 1.54) is 0 Å². The van der Waals surface area contributed by atoms with Crippen molar-refractivity contribution in [2.24, 2.45) is 5.92 Å². The van der Waals surface area contributed by atoms with Crippen molar-refractivity contribution in [3.8, 4) is 0 Å². The first-order chi connectivity index (χ1) is 6.70. The summed E-state index contributed by atoms with van der Waals surface area (Å²) in [6.45, 7) is 3.03. The molecule has 1 aromatic rings. The lowest BCUT2D eigenvalue weighted by molar-refractivity contribution is 0.224. The monoisotopic (exact) mass is 193 g/mol. The Morgan fingerprint density at radius 1 is 1.64 bits per heavy atom. The van der Waals surface area contributed by atoms with Crippen LogP contribution >= 0.6 is 0 Å². The van der Waals surface area contributed by atoms with Crippen LogP contribution in [0.15, 0.2) is 6.20 Å². The third kappa shape index (κ3) is 1.57. The molecule has 2 rings (SSSR count). The molecule has 2 heterocycles. The maximum Gasteiger partial charge on any atom is 0.150 e. The summed E-state index contributed by atoms with van der Waals surface area (Å²) in [5, 5.41) is 9.11. The minimum Gasteiger partial charge on any atom is -0.396 e. The molecular weight excluding hydrogens is 178 g/mol. The average molecular weight is 193 g/mol. The Bertz CT molecular complexity index is 340. The number of fused-ring (bicyclic) bond motifs is 1. The highest BCUT2D eigenvalue weighted by molar-refractivity contribution is 5.45. The standard InChI is InChI=1S/C10H15N3O/c1-7-4-11-9-3-8(6-14)5-13(2)10(9)12-7/h4,8,14H,3,5-6H2,1-2H3. The Morgan fingerprint density at radius 2 is 2.43 bits per heavy atom. The molecule has 4 heteroatoms. The van der Waals surface area contributed by atoms with Gasteiger partial charge in [0.2, 0.25) is 0 Å². The largest absolute Gasteiger partial charge is 0.396 e. The first kappa shape index (κ1) is 9.40. The van der Waals surface area contributed by atoms with Gasteiger partial charge in [0.15, 0.2) is 0 Å². The van der Waals surface area contributed by atoms with E-state index in [-0.39, 0.29) is 6.61 Å². The Hall–Kier alpha value is -1.16. The topological polar surface area (TPSA) is 49.2 Å². The molecule has 1 aliphatic heterocycles. The molecule has 14 heavy (non-hydrogen) atoms. The van der Waals surface area contributed by atoms with Gasteiger partial charge in [0.1, 0.15) is 5.82 Å². The number of aryl methyl sites for hydroxylation is 1. The molecule has 1 aromatic heterocycles. The molecule has 0 radical (unpaired) electrons. The van der Waals surface area contributed by atoms with Crippen LogP contribution in [0.4, 0.5) is 5.82 Å². The van der Waals surface area contributed by atoms with E-state index in [1.807, 2.05) is 14.0 Å². The lowest BCUT2D eigenvalue weighted by atomic mass is 9.99. The van der Waals surface area contributed by atoms with E-state index in [9.17, 15) is 0 Å². The van der Waals surface area contributed by atoms with Crippen LogP contribution in [0.25, 0.3) is 0 Å². The van der Waals surface area contributed by atoms with Crippen molar-refractivity contribution in [2.75, 3.05) is 25.1 Å². The number of aromatic nitrogens is 2. The summed E-state index contributed by atoms with van der Waals surface area (Å²) in [5.41, 5.74) is 1.95. The molecule has 76 valence electrons. The Morgan fingerprint density at radius 3 is 3.14 bits per heavy atom. The fraction of sp³-hybridized carbons (Fsp3) is 0.600. The van der Waals surface area contributed by atoms with Crippen molar-refractivity contribution in [1.29, 1.82) is 0 Å². The second kappa shape index (κ2) is 3.53. The van der Waals surface area contributed by atoms with Gasteiger partial charge in [0.05, 0.1) is 11.4 Å². The molecule has 4 nitrogen and oxygen atoms in total. The fourth-order valence-corrected chi connectivity index (χ4v) is 1.87. The van der Waals surface area contributed by atoms with Crippen LogP contribution in [0, 0.1) is 12.8 Å². The third-order valence-corrected chi connectivity index (χ3v) is 2.58. The minimum atomic E-state index is 0.222. The van der Waals surface area contributed by atoms with Gasteiger partial charge < -0.3 is 10.0 Å². The molecule has 1 atom stereocenters. The summed E-state index contributed by atoms with van der Waals surface area (Å²) < 4.78 is 0. The van der Waals surface area contributed by atoms with Crippen molar-refractivity contribution in [2.45, 2.75) is 13.3 Å². The maximum atomic E-state index is 9.11. The van der Waals surface area contributed by atoms with Crippen LogP contribution in [0.2, 0.25) is 0 Å². The molecule has 1 unspecified atom stereocenters. The molecule has 0 fully saturated rings. The van der Waals surface area contributed by atoms with Gasteiger partial charge in [-0.15, -0.1) is 0 Å². The summed E-state index contributed by atoms with van der Waals surface area (Å²) in [7, 11) is 1.99. The van der Waals surface area contributed by atoms with Crippen LogP contribution in [0.3, 0.4) is 0 Å². The van der Waals surface area contributed by atoms with Gasteiger partial charge in [-0.25, -0.2) is 4.98 Å². The van der Waals surface area contributed by atoms with E-state index in [0.717, 1.165) is 30.2 Å². The number of aliphatic hydroxyl groups excluding tert-OH is 1. The van der Waals surface area contributed by atoms with E-state index in [1.54, 1.807) is 6.20 Å². The van der Waals surface area contributed by atoms with Gasteiger partial charge in [-0.2, -0.15) is 0 Å². The molecule has 0 saturated carbocycles. The number of aliphatic hydroxyl groups is 1. The predicted octanol–water partition coefficient (Wildman–Crippen LogP) is 0.386. The summed E-state index contributed by atoms with van der Waals surface area (Å²) in [6.07, 6.45) is 2.62. The van der Waals surface area contributed by atoms with Crippen molar-refractivity contribution in [3.63, 3.8) is 0 Å². The van der Waals surface area contributed by atoms with Gasteiger partial charge >= 0.3 is 0 Å². The molecule has 0 amide bonds. The molecule has 0 bridgehead atoms. The van der Waals surface area contributed by atoms with E-state index >= 15 is 0 Å². The van der Waals surface area contributed by atoms with Crippen molar-refractivity contribution in [3.05, 3.63) is 17.6 Å². The number of hydrogen-bond donors (Lipinski definition) is 1. The van der Waals surface area contributed by atoms with Gasteiger partial charge in [0.25, 0.3) is 0 Å². The van der Waals surface area contributed by atoms with E-state index in [0.29, 0.717) is 5.92 Å². The van der Waals surface area contributed by atoms with E-state index < -0.39 is 0 Å². The van der Waals surface area contributed by atoms with Crippen molar-refractivity contribution < 1.29 is 5.11 Å². The first-order valence-electron chi connectivity index (χ1n) is 4.85. The van der Waals surface area contributed by atoms with Gasteiger partial charge in [-0.3, -0.25) is 4.98 Å². The molecule has 1 N–H and O–H groups in total. The van der Waals surface area contributed by atoms with Crippen LogP contribution in [0.5, 0.6) is 0 Å². The van der Waals surface area contributed by atoms with E-state index in [2.05, 4.69) is 14.9 Å². The second-order valence-electron chi connectivity index (χ2n) is 3.91. The highest BCUT2D eigenvalue weighted by atomic mass is 16.3. The lowest BCUT2D eigenvalue weighted by Gasteiger charge is -2.30. The molecule has 0 spiro atoms. The number of anilines is 1. The number of rotatable bonds is 1.